The molecule has 0 saturated carbocycles. The molecule has 2 nitrogen and oxygen atoms in total. The molecule has 0 bridgehead atoms. The van der Waals surface area contributed by atoms with Gasteiger partial charge in [-0.05, 0) is 59.7 Å². The van der Waals surface area contributed by atoms with Crippen LogP contribution in [0.15, 0.2) is 109 Å². The molecule has 0 heterocycles. The Morgan fingerprint density at radius 3 is 1.03 bits per heavy atom. The zero-order chi connectivity index (χ0) is 20.8. The smallest absolute Gasteiger partial charge is 0.127 e. The van der Waals surface area contributed by atoms with Gasteiger partial charge >= 0.3 is 0 Å². The molecule has 30 heavy (non-hydrogen) atoms. The van der Waals surface area contributed by atoms with Gasteiger partial charge in [0.25, 0.3) is 0 Å². The lowest BCUT2D eigenvalue weighted by Gasteiger charge is -2.10. The minimum atomic E-state index is 0.772. The van der Waals surface area contributed by atoms with E-state index in [2.05, 4.69) is 0 Å². The third-order valence-electron chi connectivity index (χ3n) is 4.44. The summed E-state index contributed by atoms with van der Waals surface area (Å²) in [5, 5.41) is 0. The molecule has 0 aliphatic heterocycles. The van der Waals surface area contributed by atoms with Crippen LogP contribution in [0.25, 0.3) is 9.81 Å². The Hall–Kier alpha value is -3.08. The summed E-state index contributed by atoms with van der Waals surface area (Å²) in [6.07, 6.45) is 0. The number of ether oxygens (including phenoxy) is 2. The predicted molar refractivity (Wildman–Crippen MR) is 131 cm³/mol. The molecule has 4 aromatic carbocycles. The van der Waals surface area contributed by atoms with Gasteiger partial charge in [-0.25, -0.2) is 0 Å². The van der Waals surface area contributed by atoms with Gasteiger partial charge in [-0.3, -0.25) is 0 Å². The van der Waals surface area contributed by atoms with Crippen LogP contribution in [0.3, 0.4) is 0 Å². The second kappa shape index (κ2) is 9.61. The summed E-state index contributed by atoms with van der Waals surface area (Å²) in [4.78, 5) is 1.59. The van der Waals surface area contributed by atoms with Gasteiger partial charge in [0.2, 0.25) is 0 Å². The van der Waals surface area contributed by atoms with Crippen molar-refractivity contribution < 1.29 is 9.47 Å². The molecular weight excluding hydrogens is 408 g/mol. The van der Waals surface area contributed by atoms with Crippen LogP contribution in [-0.4, -0.2) is 0 Å². The van der Waals surface area contributed by atoms with Gasteiger partial charge in [0.15, 0.2) is 0 Å². The Morgan fingerprint density at radius 2 is 0.700 bits per heavy atom. The van der Waals surface area contributed by atoms with Gasteiger partial charge in [-0.15, -0.1) is 25.3 Å². The largest absolute Gasteiger partial charge is 0.457 e. The molecule has 0 atom stereocenters. The first-order valence-corrected chi connectivity index (χ1v) is 10.4. The van der Waals surface area contributed by atoms with E-state index in [0.29, 0.717) is 0 Å². The van der Waals surface area contributed by atoms with Crippen molar-refractivity contribution in [1.82, 2.24) is 0 Å². The normalized spacial score (nSPS) is 11.5. The highest BCUT2D eigenvalue weighted by atomic mass is 32.1. The molecule has 0 unspecified atom stereocenters. The van der Waals surface area contributed by atoms with Crippen LogP contribution in [0.1, 0.15) is 11.1 Å². The molecule has 4 heteroatoms. The van der Waals surface area contributed by atoms with Gasteiger partial charge in [-0.1, -0.05) is 60.7 Å². The summed E-state index contributed by atoms with van der Waals surface area (Å²) in [5.74, 6) is 3.16. The lowest BCUT2D eigenvalue weighted by atomic mass is 10.1. The van der Waals surface area contributed by atoms with Crippen molar-refractivity contribution >= 4 is 35.1 Å². The van der Waals surface area contributed by atoms with Crippen LogP contribution in [-0.2, 0) is 0 Å². The van der Waals surface area contributed by atoms with Gasteiger partial charge in [0.05, 0.1) is 0 Å². The van der Waals surface area contributed by atoms with Crippen molar-refractivity contribution in [1.29, 1.82) is 0 Å². The van der Waals surface area contributed by atoms with E-state index in [-0.39, 0.29) is 0 Å². The zero-order valence-electron chi connectivity index (χ0n) is 16.1. The van der Waals surface area contributed by atoms with E-state index in [0.717, 1.165) is 43.9 Å². The van der Waals surface area contributed by atoms with Gasteiger partial charge in [0.1, 0.15) is 23.0 Å². The summed E-state index contributed by atoms with van der Waals surface area (Å²) in [6.45, 7) is 0. The summed E-state index contributed by atoms with van der Waals surface area (Å²) in [7, 11) is 0. The lowest BCUT2D eigenvalue weighted by Crippen LogP contribution is -1.87. The van der Waals surface area contributed by atoms with Crippen molar-refractivity contribution in [2.75, 3.05) is 0 Å². The monoisotopic (exact) mass is 428 g/mol. The van der Waals surface area contributed by atoms with E-state index in [1.165, 1.54) is 0 Å². The maximum absolute atomic E-state index is 5.85. The SMILES string of the molecule is SC(=C(S)c1ccc(Oc2ccccc2)cc1)c1ccc(Oc2ccccc2)cc1. The number of thiol groups is 2. The summed E-state index contributed by atoms with van der Waals surface area (Å²) in [5.41, 5.74) is 1.93. The highest BCUT2D eigenvalue weighted by Gasteiger charge is 2.07. The maximum atomic E-state index is 5.85. The van der Waals surface area contributed by atoms with Gasteiger partial charge in [-0.2, -0.15) is 0 Å². The average Bonchev–Trinajstić information content (AvgIpc) is 2.80. The fourth-order valence-electron chi connectivity index (χ4n) is 2.88. The van der Waals surface area contributed by atoms with Crippen LogP contribution in [0.4, 0.5) is 0 Å². The lowest BCUT2D eigenvalue weighted by molar-refractivity contribution is 0.482. The molecule has 0 spiro atoms. The van der Waals surface area contributed by atoms with Crippen LogP contribution in [0.5, 0.6) is 23.0 Å². The minimum absolute atomic E-state index is 0.772. The number of para-hydroxylation sites is 2. The van der Waals surface area contributed by atoms with Crippen LogP contribution in [0.2, 0.25) is 0 Å². The van der Waals surface area contributed by atoms with E-state index in [4.69, 9.17) is 34.7 Å². The molecule has 0 N–H and O–H groups in total. The Kier molecular flexibility index (Phi) is 6.47. The fourth-order valence-corrected chi connectivity index (χ4v) is 3.44. The quantitative estimate of drug-likeness (QED) is 0.240. The van der Waals surface area contributed by atoms with Crippen LogP contribution >= 0.6 is 25.3 Å². The maximum Gasteiger partial charge on any atom is 0.127 e. The number of hydrogen-bond acceptors (Lipinski definition) is 4. The highest BCUT2D eigenvalue weighted by Crippen LogP contribution is 2.34. The third kappa shape index (κ3) is 5.09. The van der Waals surface area contributed by atoms with Gasteiger partial charge < -0.3 is 9.47 Å². The van der Waals surface area contributed by atoms with E-state index >= 15 is 0 Å². The average molecular weight is 429 g/mol. The fraction of sp³-hybridized carbons (Fsp3) is 0. The van der Waals surface area contributed by atoms with Crippen LogP contribution in [0, 0.1) is 0 Å². The molecule has 0 aliphatic carbocycles. The van der Waals surface area contributed by atoms with E-state index in [1.54, 1.807) is 0 Å². The molecule has 0 fully saturated rings. The second-order valence-electron chi connectivity index (χ2n) is 6.58. The van der Waals surface area contributed by atoms with Crippen molar-refractivity contribution in [3.8, 4) is 23.0 Å². The zero-order valence-corrected chi connectivity index (χ0v) is 17.9. The predicted octanol–water partition coefficient (Wildman–Crippen LogP) is 7.96. The number of hydrogen-bond donors (Lipinski definition) is 2. The standard InChI is InChI=1S/C26H20O2S2/c29-25(19-11-15-23(16-12-19)27-21-7-3-1-4-8-21)26(30)20-13-17-24(18-14-20)28-22-9-5-2-6-10-22/h1-18,29-30H. The Balaban J connectivity index is 1.48. The Morgan fingerprint density at radius 1 is 0.400 bits per heavy atom. The van der Waals surface area contributed by atoms with E-state index < -0.39 is 0 Å². The van der Waals surface area contributed by atoms with Crippen molar-refractivity contribution in [3.05, 3.63) is 120 Å². The molecule has 0 aliphatic rings. The summed E-state index contributed by atoms with van der Waals surface area (Å²) >= 11 is 9.39. The van der Waals surface area contributed by atoms with Crippen molar-refractivity contribution in [3.63, 3.8) is 0 Å². The van der Waals surface area contributed by atoms with Crippen molar-refractivity contribution in [2.24, 2.45) is 0 Å². The molecule has 0 radical (unpaired) electrons. The van der Waals surface area contributed by atoms with E-state index in [1.807, 2.05) is 109 Å². The molecule has 0 amide bonds. The number of benzene rings is 4. The molecule has 0 saturated heterocycles. The molecule has 4 aromatic rings. The highest BCUT2D eigenvalue weighted by molar-refractivity contribution is 7.96. The first-order chi connectivity index (χ1) is 14.7. The minimum Gasteiger partial charge on any atom is -0.457 e. The first kappa shape index (κ1) is 20.2. The van der Waals surface area contributed by atoms with E-state index in [9.17, 15) is 0 Å². The number of rotatable bonds is 6. The van der Waals surface area contributed by atoms with Crippen molar-refractivity contribution in [2.45, 2.75) is 0 Å². The first-order valence-electron chi connectivity index (χ1n) is 9.48. The summed E-state index contributed by atoms with van der Waals surface area (Å²) in [6, 6.07) is 35.0. The third-order valence-corrected chi connectivity index (χ3v) is 5.58. The molecule has 4 rings (SSSR count). The Bertz CT molecular complexity index is 1030. The second-order valence-corrected chi connectivity index (χ2v) is 7.47. The van der Waals surface area contributed by atoms with Gasteiger partial charge in [0, 0.05) is 9.81 Å². The Labute approximate surface area is 187 Å². The molecule has 148 valence electrons. The molecule has 0 aromatic heterocycles. The summed E-state index contributed by atoms with van der Waals surface area (Å²) < 4.78 is 11.7. The topological polar surface area (TPSA) is 18.5 Å². The molecular formula is C26H20O2S2. The van der Waals surface area contributed by atoms with Crippen LogP contribution < -0.4 is 9.47 Å².